The molecule has 2 rings (SSSR count). The van der Waals surface area contributed by atoms with Crippen molar-refractivity contribution in [2.24, 2.45) is 0 Å². The highest BCUT2D eigenvalue weighted by Gasteiger charge is 2.13. The molecule has 0 aliphatic carbocycles. The number of halogens is 2. The van der Waals surface area contributed by atoms with Gasteiger partial charge in [0, 0.05) is 11.4 Å². The number of nitrogens with two attached hydrogens (primary N) is 1. The van der Waals surface area contributed by atoms with Crippen molar-refractivity contribution in [1.82, 2.24) is 0 Å². The van der Waals surface area contributed by atoms with Gasteiger partial charge in [-0.2, -0.15) is 11.3 Å². The Morgan fingerprint density at radius 3 is 2.71 bits per heavy atom. The molecule has 17 heavy (non-hydrogen) atoms. The molecule has 1 heterocycles. The number of amides is 1. The van der Waals surface area contributed by atoms with Crippen LogP contribution >= 0.6 is 11.3 Å². The lowest BCUT2D eigenvalue weighted by molar-refractivity contribution is 0.102. The molecule has 0 atom stereocenters. The van der Waals surface area contributed by atoms with Gasteiger partial charge in [0.15, 0.2) is 5.82 Å². The zero-order chi connectivity index (χ0) is 12.4. The highest BCUT2D eigenvalue weighted by molar-refractivity contribution is 7.08. The van der Waals surface area contributed by atoms with Crippen LogP contribution in [0.3, 0.4) is 0 Å². The van der Waals surface area contributed by atoms with Gasteiger partial charge < -0.3 is 11.1 Å². The summed E-state index contributed by atoms with van der Waals surface area (Å²) in [6.07, 6.45) is 0. The van der Waals surface area contributed by atoms with E-state index in [1.165, 1.54) is 11.3 Å². The van der Waals surface area contributed by atoms with Crippen LogP contribution in [-0.2, 0) is 0 Å². The Hall–Kier alpha value is -1.95. The van der Waals surface area contributed by atoms with Crippen molar-refractivity contribution in [3.63, 3.8) is 0 Å². The SMILES string of the molecule is Nc1cc(F)cc(F)c1NC(=O)c1ccsc1. The van der Waals surface area contributed by atoms with Crippen molar-refractivity contribution in [3.8, 4) is 0 Å². The number of carbonyl (C=O) groups is 1. The number of nitrogen functional groups attached to an aromatic ring is 1. The van der Waals surface area contributed by atoms with Crippen molar-refractivity contribution in [3.05, 3.63) is 46.2 Å². The Morgan fingerprint density at radius 1 is 1.35 bits per heavy atom. The fourth-order valence-corrected chi connectivity index (χ4v) is 1.94. The number of rotatable bonds is 2. The lowest BCUT2D eigenvalue weighted by atomic mass is 10.2. The third-order valence-corrected chi connectivity index (χ3v) is 2.79. The van der Waals surface area contributed by atoms with Crippen LogP contribution in [0, 0.1) is 11.6 Å². The van der Waals surface area contributed by atoms with E-state index < -0.39 is 17.5 Å². The first-order chi connectivity index (χ1) is 8.08. The van der Waals surface area contributed by atoms with Gasteiger partial charge >= 0.3 is 0 Å². The van der Waals surface area contributed by atoms with E-state index in [1.807, 2.05) is 0 Å². The summed E-state index contributed by atoms with van der Waals surface area (Å²) < 4.78 is 26.2. The summed E-state index contributed by atoms with van der Waals surface area (Å²) in [6, 6.07) is 3.21. The second-order valence-corrected chi connectivity index (χ2v) is 4.10. The van der Waals surface area contributed by atoms with Gasteiger partial charge in [0.05, 0.1) is 11.3 Å². The Morgan fingerprint density at radius 2 is 2.12 bits per heavy atom. The molecule has 6 heteroatoms. The molecule has 1 aromatic heterocycles. The van der Waals surface area contributed by atoms with Gasteiger partial charge in [-0.1, -0.05) is 0 Å². The first kappa shape index (κ1) is 11.5. The lowest BCUT2D eigenvalue weighted by Gasteiger charge is -2.08. The highest BCUT2D eigenvalue weighted by atomic mass is 32.1. The van der Waals surface area contributed by atoms with E-state index in [4.69, 9.17) is 5.73 Å². The van der Waals surface area contributed by atoms with Gasteiger partial charge in [-0.3, -0.25) is 4.79 Å². The second kappa shape index (κ2) is 4.50. The molecule has 0 aliphatic heterocycles. The van der Waals surface area contributed by atoms with Crippen LogP contribution in [0.25, 0.3) is 0 Å². The van der Waals surface area contributed by atoms with E-state index in [0.29, 0.717) is 11.6 Å². The van der Waals surface area contributed by atoms with Crippen molar-refractivity contribution >= 4 is 28.6 Å². The summed E-state index contributed by atoms with van der Waals surface area (Å²) in [4.78, 5) is 11.6. The standard InChI is InChI=1S/C11H8F2N2OS/c12-7-3-8(13)10(9(14)4-7)15-11(16)6-1-2-17-5-6/h1-5H,14H2,(H,15,16). The molecule has 0 radical (unpaired) electrons. The molecule has 2 aromatic rings. The van der Waals surface area contributed by atoms with Crippen LogP contribution in [0.1, 0.15) is 10.4 Å². The molecule has 0 spiro atoms. The Balaban J connectivity index is 2.28. The minimum Gasteiger partial charge on any atom is -0.397 e. The predicted octanol–water partition coefficient (Wildman–Crippen LogP) is 2.86. The normalized spacial score (nSPS) is 10.2. The van der Waals surface area contributed by atoms with Crippen LogP contribution in [0.15, 0.2) is 29.0 Å². The Labute approximate surface area is 99.9 Å². The summed E-state index contributed by atoms with van der Waals surface area (Å²) in [5.74, 6) is -2.16. The molecule has 1 aromatic carbocycles. The minimum atomic E-state index is -0.897. The van der Waals surface area contributed by atoms with Crippen molar-refractivity contribution < 1.29 is 13.6 Å². The van der Waals surface area contributed by atoms with E-state index in [9.17, 15) is 13.6 Å². The topological polar surface area (TPSA) is 55.1 Å². The maximum absolute atomic E-state index is 13.4. The van der Waals surface area contributed by atoms with E-state index in [0.717, 1.165) is 6.07 Å². The largest absolute Gasteiger partial charge is 0.397 e. The second-order valence-electron chi connectivity index (χ2n) is 3.32. The quantitative estimate of drug-likeness (QED) is 0.810. The maximum atomic E-state index is 13.4. The molecule has 0 fully saturated rings. The summed E-state index contributed by atoms with van der Waals surface area (Å²) in [5, 5.41) is 5.65. The zero-order valence-electron chi connectivity index (χ0n) is 8.54. The fraction of sp³-hybridized carbons (Fsp3) is 0. The zero-order valence-corrected chi connectivity index (χ0v) is 9.35. The van der Waals surface area contributed by atoms with Crippen LogP contribution < -0.4 is 11.1 Å². The van der Waals surface area contributed by atoms with Gasteiger partial charge in [-0.25, -0.2) is 8.78 Å². The first-order valence-corrected chi connectivity index (χ1v) is 5.60. The number of anilines is 2. The third-order valence-electron chi connectivity index (χ3n) is 2.11. The van der Waals surface area contributed by atoms with Crippen LogP contribution in [-0.4, -0.2) is 5.91 Å². The van der Waals surface area contributed by atoms with E-state index in [-0.39, 0.29) is 11.4 Å². The van der Waals surface area contributed by atoms with E-state index >= 15 is 0 Å². The number of hydrogen-bond donors (Lipinski definition) is 2. The summed E-state index contributed by atoms with van der Waals surface area (Å²) in [6.45, 7) is 0. The molecular weight excluding hydrogens is 246 g/mol. The molecule has 88 valence electrons. The monoisotopic (exact) mass is 254 g/mol. The van der Waals surface area contributed by atoms with Crippen LogP contribution in [0.2, 0.25) is 0 Å². The number of benzene rings is 1. The Bertz CT molecular complexity index is 532. The molecule has 0 aliphatic rings. The average molecular weight is 254 g/mol. The minimum absolute atomic E-state index is 0.147. The van der Waals surface area contributed by atoms with Gasteiger partial charge in [0.2, 0.25) is 0 Å². The van der Waals surface area contributed by atoms with Crippen molar-refractivity contribution in [2.45, 2.75) is 0 Å². The highest BCUT2D eigenvalue weighted by Crippen LogP contribution is 2.24. The molecule has 3 nitrogen and oxygen atoms in total. The molecule has 1 amide bonds. The summed E-state index contributed by atoms with van der Waals surface area (Å²) in [5.41, 5.74) is 5.48. The summed E-state index contributed by atoms with van der Waals surface area (Å²) in [7, 11) is 0. The first-order valence-electron chi connectivity index (χ1n) is 4.66. The van der Waals surface area contributed by atoms with Gasteiger partial charge in [0.25, 0.3) is 5.91 Å². The number of hydrogen-bond acceptors (Lipinski definition) is 3. The molecule has 0 saturated heterocycles. The summed E-state index contributed by atoms with van der Waals surface area (Å²) >= 11 is 1.34. The fourth-order valence-electron chi connectivity index (χ4n) is 1.30. The smallest absolute Gasteiger partial charge is 0.256 e. The van der Waals surface area contributed by atoms with Crippen molar-refractivity contribution in [2.75, 3.05) is 11.1 Å². The number of nitrogens with one attached hydrogen (secondary N) is 1. The molecule has 0 saturated carbocycles. The van der Waals surface area contributed by atoms with E-state index in [2.05, 4.69) is 5.32 Å². The van der Waals surface area contributed by atoms with Gasteiger partial charge in [-0.15, -0.1) is 0 Å². The lowest BCUT2D eigenvalue weighted by Crippen LogP contribution is -2.14. The molecule has 0 bridgehead atoms. The molecule has 0 unspecified atom stereocenters. The van der Waals surface area contributed by atoms with E-state index in [1.54, 1.807) is 16.8 Å². The van der Waals surface area contributed by atoms with Crippen molar-refractivity contribution in [1.29, 1.82) is 0 Å². The van der Waals surface area contributed by atoms with Gasteiger partial charge in [0.1, 0.15) is 11.5 Å². The predicted molar refractivity (Wildman–Crippen MR) is 63.0 cm³/mol. The van der Waals surface area contributed by atoms with Crippen LogP contribution in [0.4, 0.5) is 20.2 Å². The third kappa shape index (κ3) is 2.42. The molecule has 3 N–H and O–H groups in total. The average Bonchev–Trinajstić information content (AvgIpc) is 2.76. The maximum Gasteiger partial charge on any atom is 0.256 e. The number of thiophene rings is 1. The Kier molecular flexibility index (Phi) is 3.06. The molecular formula is C11H8F2N2OS. The van der Waals surface area contributed by atoms with Crippen LogP contribution in [0.5, 0.6) is 0 Å². The number of carbonyl (C=O) groups excluding carboxylic acids is 1. The van der Waals surface area contributed by atoms with Gasteiger partial charge in [-0.05, 0) is 17.5 Å².